The Hall–Kier alpha value is -1.63. The summed E-state index contributed by atoms with van der Waals surface area (Å²) in [6.07, 6.45) is -0.669. The number of ether oxygens (including phenoxy) is 2. The number of rotatable bonds is 6. The highest BCUT2D eigenvalue weighted by Gasteiger charge is 2.41. The molecule has 136 valence electrons. The number of hydrogen-bond acceptors (Lipinski definition) is 6. The molecule has 0 aliphatic carbocycles. The molecule has 1 rings (SSSR count). The Bertz CT molecular complexity index is 590. The van der Waals surface area contributed by atoms with Crippen molar-refractivity contribution >= 4 is 19.5 Å². The second-order valence-corrected chi connectivity index (χ2v) is 7.09. The van der Waals surface area contributed by atoms with Crippen molar-refractivity contribution in [1.29, 1.82) is 0 Å². The summed E-state index contributed by atoms with van der Waals surface area (Å²) in [5.41, 5.74) is 1.10. The van der Waals surface area contributed by atoms with E-state index in [0.29, 0.717) is 11.4 Å². The molecule has 24 heavy (non-hydrogen) atoms. The van der Waals surface area contributed by atoms with E-state index < -0.39 is 31.6 Å². The van der Waals surface area contributed by atoms with E-state index in [-0.39, 0.29) is 24.4 Å². The third-order valence-corrected chi connectivity index (χ3v) is 4.73. The number of carbonyl (C=O) groups excluding carboxylic acids is 2. The first kappa shape index (κ1) is 20.4. The van der Waals surface area contributed by atoms with Crippen LogP contribution in [0.1, 0.15) is 27.7 Å². The molecule has 0 fully saturated rings. The third-order valence-electron chi connectivity index (χ3n) is 3.89. The Morgan fingerprint density at radius 1 is 1.04 bits per heavy atom. The molecule has 0 saturated carbocycles. The lowest BCUT2D eigenvalue weighted by Crippen LogP contribution is -2.36. The van der Waals surface area contributed by atoms with E-state index in [1.54, 1.807) is 39.6 Å². The lowest BCUT2D eigenvalue weighted by molar-refractivity contribution is -0.140. The number of nitrogens with zero attached hydrogens (tertiary/aromatic N) is 1. The predicted molar refractivity (Wildman–Crippen MR) is 86.8 cm³/mol. The van der Waals surface area contributed by atoms with Gasteiger partial charge in [-0.05, 0) is 27.7 Å². The van der Waals surface area contributed by atoms with Gasteiger partial charge in [0.25, 0.3) is 0 Å². The van der Waals surface area contributed by atoms with Crippen molar-refractivity contribution in [2.75, 3.05) is 26.4 Å². The van der Waals surface area contributed by atoms with E-state index in [9.17, 15) is 23.9 Å². The highest BCUT2D eigenvalue weighted by atomic mass is 31.2. The topological polar surface area (TPSA) is 113 Å². The highest BCUT2D eigenvalue weighted by Crippen LogP contribution is 2.45. The molecule has 0 spiro atoms. The normalized spacial score (nSPS) is 16.5. The smallest absolute Gasteiger partial charge is 0.336 e. The summed E-state index contributed by atoms with van der Waals surface area (Å²) in [6, 6.07) is 0. The van der Waals surface area contributed by atoms with Crippen LogP contribution < -0.4 is 0 Å². The van der Waals surface area contributed by atoms with Crippen LogP contribution in [0.4, 0.5) is 0 Å². The van der Waals surface area contributed by atoms with Crippen LogP contribution in [0.15, 0.2) is 22.5 Å². The third kappa shape index (κ3) is 4.47. The maximum Gasteiger partial charge on any atom is 0.336 e. The fraction of sp³-hybridized carbons (Fsp3) is 0.600. The lowest BCUT2D eigenvalue weighted by atomic mass is 9.86. The van der Waals surface area contributed by atoms with E-state index in [1.807, 2.05) is 0 Å². The minimum Gasteiger partial charge on any atom is -0.463 e. The van der Waals surface area contributed by atoms with E-state index in [0.717, 1.165) is 0 Å². The summed E-state index contributed by atoms with van der Waals surface area (Å²) in [4.78, 5) is 45.1. The number of esters is 2. The van der Waals surface area contributed by atoms with Gasteiger partial charge in [0.05, 0.1) is 30.5 Å². The first-order valence-corrected chi connectivity index (χ1v) is 9.38. The van der Waals surface area contributed by atoms with Crippen molar-refractivity contribution < 1.29 is 33.4 Å². The van der Waals surface area contributed by atoms with Crippen molar-refractivity contribution in [2.24, 2.45) is 5.92 Å². The second kappa shape index (κ2) is 7.96. The monoisotopic (exact) mass is 361 g/mol. The maximum atomic E-state index is 12.3. The van der Waals surface area contributed by atoms with Gasteiger partial charge in [-0.2, -0.15) is 0 Å². The van der Waals surface area contributed by atoms with Gasteiger partial charge in [0.2, 0.25) is 0 Å². The average molecular weight is 361 g/mol. The molecule has 0 unspecified atom stereocenters. The summed E-state index contributed by atoms with van der Waals surface area (Å²) in [5, 5.41) is 0. The van der Waals surface area contributed by atoms with Gasteiger partial charge in [0, 0.05) is 24.4 Å². The van der Waals surface area contributed by atoms with Gasteiger partial charge in [0.1, 0.15) is 0 Å². The molecule has 0 aromatic heterocycles. The minimum absolute atomic E-state index is 0.0660. The molecule has 2 N–H and O–H groups in total. The molecule has 0 atom stereocenters. The molecule has 1 heterocycles. The van der Waals surface area contributed by atoms with Crippen LogP contribution in [0.25, 0.3) is 0 Å². The van der Waals surface area contributed by atoms with Crippen LogP contribution in [-0.4, -0.2) is 53.0 Å². The molecule has 1 aliphatic rings. The van der Waals surface area contributed by atoms with E-state index in [1.165, 1.54) is 0 Å². The van der Waals surface area contributed by atoms with E-state index in [2.05, 4.69) is 0 Å². The molecular weight excluding hydrogens is 337 g/mol. The number of allylic oxidation sites excluding steroid dienone is 2. The van der Waals surface area contributed by atoms with Gasteiger partial charge in [-0.1, -0.05) is 0 Å². The Balaban J connectivity index is 3.51. The van der Waals surface area contributed by atoms with E-state index in [4.69, 9.17) is 9.47 Å². The SMILES string of the molecule is CCOC(=O)C1=C(C)N(C)C(C)=C(C(=O)OCC)C1CP(=O)(O)O. The molecule has 0 amide bonds. The minimum atomic E-state index is -4.50. The van der Waals surface area contributed by atoms with Gasteiger partial charge in [-0.15, -0.1) is 0 Å². The standard InChI is InChI=1S/C15H24NO7P/c1-6-22-14(17)12-9(3)16(5)10(4)13(15(18)23-7-2)11(12)8-24(19,20)21/h11H,6-8H2,1-5H3,(H2,19,20,21). The van der Waals surface area contributed by atoms with Crippen molar-refractivity contribution in [1.82, 2.24) is 4.90 Å². The summed E-state index contributed by atoms with van der Waals surface area (Å²) in [5.74, 6) is -2.48. The van der Waals surface area contributed by atoms with Crippen LogP contribution in [0, 0.1) is 5.92 Å². The van der Waals surface area contributed by atoms with Crippen LogP contribution in [-0.2, 0) is 23.6 Å². The number of carbonyl (C=O) groups is 2. The molecular formula is C15H24NO7P. The van der Waals surface area contributed by atoms with E-state index >= 15 is 0 Å². The van der Waals surface area contributed by atoms with Gasteiger partial charge < -0.3 is 24.2 Å². The first-order valence-electron chi connectivity index (χ1n) is 7.59. The van der Waals surface area contributed by atoms with Gasteiger partial charge in [0.15, 0.2) is 0 Å². The lowest BCUT2D eigenvalue weighted by Gasteiger charge is -2.35. The molecule has 1 aliphatic heterocycles. The molecule has 0 bridgehead atoms. The van der Waals surface area contributed by atoms with Gasteiger partial charge in [-0.25, -0.2) is 9.59 Å². The highest BCUT2D eigenvalue weighted by molar-refractivity contribution is 7.51. The van der Waals surface area contributed by atoms with Crippen molar-refractivity contribution in [2.45, 2.75) is 27.7 Å². The number of hydrogen-bond donors (Lipinski definition) is 2. The van der Waals surface area contributed by atoms with Crippen LogP contribution in [0.2, 0.25) is 0 Å². The summed E-state index contributed by atoms with van der Waals surface area (Å²) in [6.45, 7) is 6.77. The molecule has 0 aromatic rings. The summed E-state index contributed by atoms with van der Waals surface area (Å²) < 4.78 is 21.6. The Labute approximate surface area is 141 Å². The summed E-state index contributed by atoms with van der Waals surface area (Å²) in [7, 11) is -2.84. The van der Waals surface area contributed by atoms with Crippen LogP contribution in [0.5, 0.6) is 0 Å². The fourth-order valence-electron chi connectivity index (χ4n) is 2.68. The van der Waals surface area contributed by atoms with Gasteiger partial charge >= 0.3 is 19.5 Å². The quantitative estimate of drug-likeness (QED) is 0.539. The second-order valence-electron chi connectivity index (χ2n) is 5.40. The Morgan fingerprint density at radius 2 is 1.42 bits per heavy atom. The molecule has 0 saturated heterocycles. The van der Waals surface area contributed by atoms with Crippen molar-refractivity contribution in [3.8, 4) is 0 Å². The van der Waals surface area contributed by atoms with Crippen molar-refractivity contribution in [3.05, 3.63) is 22.5 Å². The molecule has 9 heteroatoms. The zero-order valence-corrected chi connectivity index (χ0v) is 15.4. The summed E-state index contributed by atoms with van der Waals surface area (Å²) >= 11 is 0. The predicted octanol–water partition coefficient (Wildman–Crippen LogP) is 1.40. The maximum absolute atomic E-state index is 12.3. The average Bonchev–Trinajstić information content (AvgIpc) is 2.44. The fourth-order valence-corrected chi connectivity index (χ4v) is 3.52. The molecule has 0 aromatic carbocycles. The zero-order chi connectivity index (χ0) is 18.7. The first-order chi connectivity index (χ1) is 11.0. The van der Waals surface area contributed by atoms with Crippen molar-refractivity contribution in [3.63, 3.8) is 0 Å². The van der Waals surface area contributed by atoms with Crippen LogP contribution >= 0.6 is 7.60 Å². The molecule has 0 radical (unpaired) electrons. The zero-order valence-electron chi connectivity index (χ0n) is 14.5. The van der Waals surface area contributed by atoms with Crippen LogP contribution in [0.3, 0.4) is 0 Å². The molecule has 8 nitrogen and oxygen atoms in total. The Morgan fingerprint density at radius 3 is 1.71 bits per heavy atom. The Kier molecular flexibility index (Phi) is 6.77. The largest absolute Gasteiger partial charge is 0.463 e. The van der Waals surface area contributed by atoms with Gasteiger partial charge in [-0.3, -0.25) is 4.57 Å².